The molecule has 0 spiro atoms. The van der Waals surface area contributed by atoms with Gasteiger partial charge in [-0.05, 0) is 25.0 Å². The van der Waals surface area contributed by atoms with Crippen LogP contribution in [0.5, 0.6) is 0 Å². The maximum absolute atomic E-state index is 13.7. The molecule has 0 unspecified atom stereocenters. The van der Waals surface area contributed by atoms with E-state index in [1.807, 2.05) is 0 Å². The van der Waals surface area contributed by atoms with Gasteiger partial charge in [-0.3, -0.25) is 9.59 Å². The summed E-state index contributed by atoms with van der Waals surface area (Å²) in [6.45, 7) is 0.00153. The van der Waals surface area contributed by atoms with E-state index in [1.54, 1.807) is 13.1 Å². The van der Waals surface area contributed by atoms with Crippen LogP contribution in [0.1, 0.15) is 31.2 Å². The molecule has 0 saturated heterocycles. The van der Waals surface area contributed by atoms with Crippen molar-refractivity contribution in [3.63, 3.8) is 0 Å². The van der Waals surface area contributed by atoms with Gasteiger partial charge in [-0.25, -0.2) is 4.39 Å². The molecule has 1 N–H and O–H groups in total. The Kier molecular flexibility index (Phi) is 5.77. The minimum atomic E-state index is -0.442. The van der Waals surface area contributed by atoms with Gasteiger partial charge >= 0.3 is 0 Å². The molecule has 1 aromatic carbocycles. The normalized spacial score (nSPS) is 14.9. The van der Waals surface area contributed by atoms with Gasteiger partial charge in [0, 0.05) is 30.1 Å². The third-order valence-corrected chi connectivity index (χ3v) is 4.38. The summed E-state index contributed by atoms with van der Waals surface area (Å²) in [6.07, 6.45) is 3.91. The van der Waals surface area contributed by atoms with Gasteiger partial charge in [0.25, 0.3) is 0 Å². The average Bonchev–Trinajstić information content (AvgIpc) is 3.02. The standard InChI is InChI=1S/C16H20ClFN2O2/c1-20(10-12-13(17)7-4-8-14(12)18)15(21)9-19-16(22)11-5-2-3-6-11/h4,7-8,11H,2-3,5-6,9-10H2,1H3,(H,19,22). The molecule has 1 fully saturated rings. The predicted molar refractivity (Wildman–Crippen MR) is 82.9 cm³/mol. The Bertz CT molecular complexity index is 539. The van der Waals surface area contributed by atoms with E-state index in [0.29, 0.717) is 0 Å². The number of nitrogens with one attached hydrogen (secondary N) is 1. The van der Waals surface area contributed by atoms with Crippen LogP contribution in [0.4, 0.5) is 4.39 Å². The summed E-state index contributed by atoms with van der Waals surface area (Å²) in [6, 6.07) is 4.41. The summed E-state index contributed by atoms with van der Waals surface area (Å²) in [5.74, 6) is -0.755. The lowest BCUT2D eigenvalue weighted by molar-refractivity contribution is -0.133. The van der Waals surface area contributed by atoms with Crippen LogP contribution in [0.25, 0.3) is 0 Å². The van der Waals surface area contributed by atoms with E-state index in [2.05, 4.69) is 5.32 Å². The Balaban J connectivity index is 1.85. The Labute approximate surface area is 134 Å². The quantitative estimate of drug-likeness (QED) is 0.904. The first kappa shape index (κ1) is 16.7. The molecule has 0 aliphatic heterocycles. The van der Waals surface area contributed by atoms with Crippen LogP contribution in [-0.4, -0.2) is 30.3 Å². The van der Waals surface area contributed by atoms with E-state index in [4.69, 9.17) is 11.6 Å². The van der Waals surface area contributed by atoms with Crippen LogP contribution >= 0.6 is 11.6 Å². The molecule has 2 amide bonds. The Morgan fingerprint density at radius 1 is 1.36 bits per heavy atom. The summed E-state index contributed by atoms with van der Waals surface area (Å²) in [5, 5.41) is 2.95. The molecule has 4 nitrogen and oxygen atoms in total. The van der Waals surface area contributed by atoms with Crippen molar-refractivity contribution in [2.24, 2.45) is 5.92 Å². The van der Waals surface area contributed by atoms with E-state index in [1.165, 1.54) is 17.0 Å². The van der Waals surface area contributed by atoms with Gasteiger partial charge < -0.3 is 10.2 Å². The van der Waals surface area contributed by atoms with Crippen molar-refractivity contribution in [1.82, 2.24) is 10.2 Å². The van der Waals surface area contributed by atoms with Gasteiger partial charge in [-0.2, -0.15) is 0 Å². The van der Waals surface area contributed by atoms with E-state index in [0.717, 1.165) is 25.7 Å². The number of hydrogen-bond donors (Lipinski definition) is 1. The van der Waals surface area contributed by atoms with Crippen LogP contribution in [0, 0.1) is 11.7 Å². The lowest BCUT2D eigenvalue weighted by Crippen LogP contribution is -2.39. The zero-order valence-electron chi connectivity index (χ0n) is 12.6. The summed E-state index contributed by atoms with van der Waals surface area (Å²) >= 11 is 5.94. The summed E-state index contributed by atoms with van der Waals surface area (Å²) in [4.78, 5) is 25.3. The minimum absolute atomic E-state index is 0.0270. The second kappa shape index (κ2) is 7.58. The molecule has 2 rings (SSSR count). The van der Waals surface area contributed by atoms with Crippen molar-refractivity contribution in [1.29, 1.82) is 0 Å². The number of halogens is 2. The van der Waals surface area contributed by atoms with Crippen LogP contribution in [0.2, 0.25) is 5.02 Å². The van der Waals surface area contributed by atoms with Crippen LogP contribution < -0.4 is 5.32 Å². The van der Waals surface area contributed by atoms with E-state index in [9.17, 15) is 14.0 Å². The predicted octanol–water partition coefficient (Wildman–Crippen LogP) is 2.74. The summed E-state index contributed by atoms with van der Waals surface area (Å²) < 4.78 is 13.7. The topological polar surface area (TPSA) is 49.4 Å². The highest BCUT2D eigenvalue weighted by molar-refractivity contribution is 6.31. The number of carbonyl (C=O) groups excluding carboxylic acids is 2. The zero-order valence-corrected chi connectivity index (χ0v) is 13.3. The monoisotopic (exact) mass is 326 g/mol. The summed E-state index contributed by atoms with van der Waals surface area (Å²) in [7, 11) is 1.56. The highest BCUT2D eigenvalue weighted by atomic mass is 35.5. The van der Waals surface area contributed by atoms with E-state index < -0.39 is 5.82 Å². The molecule has 22 heavy (non-hydrogen) atoms. The first-order valence-electron chi connectivity index (χ1n) is 7.43. The summed E-state index contributed by atoms with van der Waals surface area (Å²) in [5.41, 5.74) is 0.280. The number of amides is 2. The van der Waals surface area contributed by atoms with Crippen molar-refractivity contribution >= 4 is 23.4 Å². The van der Waals surface area contributed by atoms with Gasteiger partial charge in [0.05, 0.1) is 6.54 Å². The highest BCUT2D eigenvalue weighted by Crippen LogP contribution is 2.24. The number of rotatable bonds is 5. The van der Waals surface area contributed by atoms with Gasteiger partial charge in [-0.15, -0.1) is 0 Å². The van der Waals surface area contributed by atoms with Gasteiger partial charge in [-0.1, -0.05) is 30.5 Å². The number of hydrogen-bond acceptors (Lipinski definition) is 2. The smallest absolute Gasteiger partial charge is 0.242 e. The zero-order chi connectivity index (χ0) is 16.1. The van der Waals surface area contributed by atoms with Gasteiger partial charge in [0.1, 0.15) is 5.82 Å². The lowest BCUT2D eigenvalue weighted by Gasteiger charge is -2.19. The maximum Gasteiger partial charge on any atom is 0.242 e. The molecule has 1 saturated carbocycles. The molecule has 1 aliphatic rings. The molecular weight excluding hydrogens is 307 g/mol. The molecule has 6 heteroatoms. The number of carbonyl (C=O) groups is 2. The van der Waals surface area contributed by atoms with Gasteiger partial charge in [0.15, 0.2) is 0 Å². The fourth-order valence-electron chi connectivity index (χ4n) is 2.64. The highest BCUT2D eigenvalue weighted by Gasteiger charge is 2.23. The second-order valence-corrected chi connectivity index (χ2v) is 6.06. The van der Waals surface area contributed by atoms with Gasteiger partial charge in [0.2, 0.25) is 11.8 Å². The second-order valence-electron chi connectivity index (χ2n) is 5.65. The molecule has 0 radical (unpaired) electrons. The minimum Gasteiger partial charge on any atom is -0.347 e. The SMILES string of the molecule is CN(Cc1c(F)cccc1Cl)C(=O)CNC(=O)C1CCCC1. The van der Waals surface area contributed by atoms with Crippen molar-refractivity contribution in [2.75, 3.05) is 13.6 Å². The fraction of sp³-hybridized carbons (Fsp3) is 0.500. The fourth-order valence-corrected chi connectivity index (χ4v) is 2.86. The number of likely N-dealkylation sites (N-methyl/N-ethyl adjacent to an activating group) is 1. The maximum atomic E-state index is 13.7. The first-order chi connectivity index (χ1) is 10.5. The Morgan fingerprint density at radius 3 is 2.68 bits per heavy atom. The molecule has 120 valence electrons. The van der Waals surface area contributed by atoms with Crippen molar-refractivity contribution in [3.05, 3.63) is 34.6 Å². The molecule has 0 atom stereocenters. The van der Waals surface area contributed by atoms with Crippen LogP contribution in [-0.2, 0) is 16.1 Å². The van der Waals surface area contributed by atoms with Crippen molar-refractivity contribution in [2.45, 2.75) is 32.2 Å². The van der Waals surface area contributed by atoms with Crippen LogP contribution in [0.15, 0.2) is 18.2 Å². The molecular formula is C16H20ClFN2O2. The molecule has 0 aromatic heterocycles. The third kappa shape index (κ3) is 4.19. The Morgan fingerprint density at radius 2 is 2.05 bits per heavy atom. The van der Waals surface area contributed by atoms with Crippen molar-refractivity contribution in [3.8, 4) is 0 Å². The Hall–Kier alpha value is -1.62. The third-order valence-electron chi connectivity index (χ3n) is 4.02. The average molecular weight is 327 g/mol. The lowest BCUT2D eigenvalue weighted by atomic mass is 10.1. The molecule has 0 bridgehead atoms. The number of nitrogens with zero attached hydrogens (tertiary/aromatic N) is 1. The largest absolute Gasteiger partial charge is 0.347 e. The van der Waals surface area contributed by atoms with E-state index in [-0.39, 0.29) is 41.4 Å². The van der Waals surface area contributed by atoms with E-state index >= 15 is 0 Å². The van der Waals surface area contributed by atoms with Crippen LogP contribution in [0.3, 0.4) is 0 Å². The molecule has 0 heterocycles. The first-order valence-corrected chi connectivity index (χ1v) is 7.81. The van der Waals surface area contributed by atoms with Crippen molar-refractivity contribution < 1.29 is 14.0 Å². The number of benzene rings is 1. The molecule has 1 aromatic rings. The molecule has 1 aliphatic carbocycles.